The third-order valence-corrected chi connectivity index (χ3v) is 2.89. The molecule has 15 heavy (non-hydrogen) atoms. The van der Waals surface area contributed by atoms with E-state index < -0.39 is 5.97 Å². The standard InChI is InChI=1S/C10H13NO3S/c1-4-8-9(10(13)14-3)15-6-5-11(8)7(2)12/h5-6H,4H2,1-3H3. The van der Waals surface area contributed by atoms with Gasteiger partial charge in [0, 0.05) is 18.8 Å². The van der Waals surface area contributed by atoms with Crippen molar-refractivity contribution in [1.82, 2.24) is 4.90 Å². The largest absolute Gasteiger partial charge is 0.465 e. The van der Waals surface area contributed by atoms with E-state index in [-0.39, 0.29) is 5.91 Å². The SMILES string of the molecule is CCC1=C(C(=O)OC)SC=CN1C(C)=O. The number of carbonyl (C=O) groups is 2. The Morgan fingerprint density at radius 3 is 2.67 bits per heavy atom. The number of thioether (sulfide) groups is 1. The average molecular weight is 227 g/mol. The predicted octanol–water partition coefficient (Wildman–Crippen LogP) is 1.85. The predicted molar refractivity (Wildman–Crippen MR) is 58.6 cm³/mol. The van der Waals surface area contributed by atoms with Crippen molar-refractivity contribution in [2.45, 2.75) is 20.3 Å². The fourth-order valence-electron chi connectivity index (χ4n) is 1.31. The molecule has 5 heteroatoms. The third kappa shape index (κ3) is 2.41. The number of nitrogens with zero attached hydrogens (tertiary/aromatic N) is 1. The van der Waals surface area contributed by atoms with E-state index in [1.54, 1.807) is 11.6 Å². The molecule has 0 radical (unpaired) electrons. The first kappa shape index (κ1) is 11.8. The van der Waals surface area contributed by atoms with Crippen LogP contribution in [0.1, 0.15) is 20.3 Å². The van der Waals surface area contributed by atoms with Gasteiger partial charge in [0.25, 0.3) is 0 Å². The van der Waals surface area contributed by atoms with Crippen molar-refractivity contribution in [3.05, 3.63) is 22.2 Å². The van der Waals surface area contributed by atoms with Crippen LogP contribution >= 0.6 is 11.8 Å². The first-order valence-corrected chi connectivity index (χ1v) is 5.44. The topological polar surface area (TPSA) is 46.6 Å². The summed E-state index contributed by atoms with van der Waals surface area (Å²) in [7, 11) is 1.33. The molecule has 0 bridgehead atoms. The van der Waals surface area contributed by atoms with E-state index in [9.17, 15) is 9.59 Å². The summed E-state index contributed by atoms with van der Waals surface area (Å²) in [6, 6.07) is 0. The van der Waals surface area contributed by atoms with Crippen molar-refractivity contribution in [1.29, 1.82) is 0 Å². The zero-order valence-electron chi connectivity index (χ0n) is 8.94. The minimum atomic E-state index is -0.396. The molecule has 82 valence electrons. The van der Waals surface area contributed by atoms with E-state index in [1.165, 1.54) is 30.7 Å². The zero-order chi connectivity index (χ0) is 11.4. The highest BCUT2D eigenvalue weighted by molar-refractivity contribution is 8.06. The lowest BCUT2D eigenvalue weighted by Crippen LogP contribution is -2.26. The summed E-state index contributed by atoms with van der Waals surface area (Å²) in [4.78, 5) is 24.7. The molecule has 0 unspecified atom stereocenters. The fourth-order valence-corrected chi connectivity index (χ4v) is 2.19. The minimum absolute atomic E-state index is 0.107. The summed E-state index contributed by atoms with van der Waals surface area (Å²) in [5, 5.41) is 1.70. The first-order chi connectivity index (χ1) is 7.11. The van der Waals surface area contributed by atoms with E-state index in [4.69, 9.17) is 0 Å². The Balaban J connectivity index is 3.08. The van der Waals surface area contributed by atoms with E-state index >= 15 is 0 Å². The Hall–Kier alpha value is -1.23. The summed E-state index contributed by atoms with van der Waals surface area (Å²) in [5.41, 5.74) is 0.696. The highest BCUT2D eigenvalue weighted by Crippen LogP contribution is 2.31. The van der Waals surface area contributed by atoms with Crippen molar-refractivity contribution >= 4 is 23.6 Å². The molecule has 0 aromatic rings. The van der Waals surface area contributed by atoms with Gasteiger partial charge in [0.2, 0.25) is 5.91 Å². The van der Waals surface area contributed by atoms with Gasteiger partial charge in [-0.25, -0.2) is 4.79 Å². The lowest BCUT2D eigenvalue weighted by Gasteiger charge is -2.24. The highest BCUT2D eigenvalue weighted by Gasteiger charge is 2.23. The summed E-state index contributed by atoms with van der Waals surface area (Å²) in [6.45, 7) is 3.36. The minimum Gasteiger partial charge on any atom is -0.465 e. The summed E-state index contributed by atoms with van der Waals surface area (Å²) in [6.07, 6.45) is 2.28. The Labute approximate surface area is 93.0 Å². The van der Waals surface area contributed by atoms with Crippen molar-refractivity contribution < 1.29 is 14.3 Å². The van der Waals surface area contributed by atoms with Gasteiger partial charge in [-0.05, 0) is 11.8 Å². The van der Waals surface area contributed by atoms with Crippen molar-refractivity contribution in [2.24, 2.45) is 0 Å². The van der Waals surface area contributed by atoms with Gasteiger partial charge in [0.05, 0.1) is 7.11 Å². The van der Waals surface area contributed by atoms with Gasteiger partial charge >= 0.3 is 5.97 Å². The van der Waals surface area contributed by atoms with Crippen molar-refractivity contribution in [2.75, 3.05) is 7.11 Å². The molecule has 4 nitrogen and oxygen atoms in total. The van der Waals surface area contributed by atoms with Crippen LogP contribution < -0.4 is 0 Å². The van der Waals surface area contributed by atoms with Crippen LogP contribution in [0.2, 0.25) is 0 Å². The molecular formula is C10H13NO3S. The fraction of sp³-hybridized carbons (Fsp3) is 0.400. The van der Waals surface area contributed by atoms with Crippen LogP contribution in [0, 0.1) is 0 Å². The number of methoxy groups -OCH3 is 1. The number of hydrogen-bond donors (Lipinski definition) is 0. The van der Waals surface area contributed by atoms with Gasteiger partial charge in [-0.3, -0.25) is 9.69 Å². The van der Waals surface area contributed by atoms with Gasteiger partial charge in [-0.15, -0.1) is 0 Å². The second-order valence-electron chi connectivity index (χ2n) is 2.91. The Bertz CT molecular complexity index is 347. The Morgan fingerprint density at radius 2 is 2.20 bits per heavy atom. The molecule has 1 rings (SSSR count). The van der Waals surface area contributed by atoms with Crippen LogP contribution in [0.3, 0.4) is 0 Å². The summed E-state index contributed by atoms with van der Waals surface area (Å²) in [5.74, 6) is -0.503. The molecule has 1 aliphatic rings. The lowest BCUT2D eigenvalue weighted by molar-refractivity contribution is -0.135. The van der Waals surface area contributed by atoms with Crippen LogP contribution in [0.25, 0.3) is 0 Å². The molecule has 0 spiro atoms. The van der Waals surface area contributed by atoms with Crippen molar-refractivity contribution in [3.63, 3.8) is 0 Å². The van der Waals surface area contributed by atoms with Gasteiger partial charge in [0.15, 0.2) is 0 Å². The number of carbonyl (C=O) groups excluding carboxylic acids is 2. The van der Waals surface area contributed by atoms with Gasteiger partial charge in [-0.2, -0.15) is 0 Å². The Morgan fingerprint density at radius 1 is 1.53 bits per heavy atom. The van der Waals surface area contributed by atoms with Crippen LogP contribution in [-0.2, 0) is 14.3 Å². The van der Waals surface area contributed by atoms with Crippen LogP contribution in [-0.4, -0.2) is 23.9 Å². The number of allylic oxidation sites excluding steroid dienone is 1. The van der Waals surface area contributed by atoms with E-state index in [0.717, 1.165) is 0 Å². The van der Waals surface area contributed by atoms with Gasteiger partial charge in [0.1, 0.15) is 4.91 Å². The number of amides is 1. The Kier molecular flexibility index (Phi) is 3.96. The second kappa shape index (κ2) is 5.02. The average Bonchev–Trinajstić information content (AvgIpc) is 2.26. The van der Waals surface area contributed by atoms with Crippen LogP contribution in [0.5, 0.6) is 0 Å². The number of rotatable bonds is 2. The van der Waals surface area contributed by atoms with E-state index in [2.05, 4.69) is 4.74 Å². The quantitative estimate of drug-likeness (QED) is 0.675. The maximum Gasteiger partial charge on any atom is 0.346 e. The normalized spacial score (nSPS) is 15.5. The molecule has 0 N–H and O–H groups in total. The highest BCUT2D eigenvalue weighted by atomic mass is 32.2. The third-order valence-electron chi connectivity index (χ3n) is 1.99. The second-order valence-corrected chi connectivity index (χ2v) is 3.83. The van der Waals surface area contributed by atoms with Crippen LogP contribution in [0.4, 0.5) is 0 Å². The molecular weight excluding hydrogens is 214 g/mol. The number of esters is 1. The van der Waals surface area contributed by atoms with E-state index in [0.29, 0.717) is 17.0 Å². The molecule has 1 aliphatic heterocycles. The lowest BCUT2D eigenvalue weighted by atomic mass is 10.2. The molecule has 0 fully saturated rings. The summed E-state index contributed by atoms with van der Waals surface area (Å²) >= 11 is 1.28. The number of ether oxygens (including phenoxy) is 1. The number of hydrogen-bond acceptors (Lipinski definition) is 4. The van der Waals surface area contributed by atoms with Gasteiger partial charge in [-0.1, -0.05) is 18.7 Å². The van der Waals surface area contributed by atoms with Crippen LogP contribution in [0.15, 0.2) is 22.2 Å². The molecule has 0 aromatic heterocycles. The molecule has 0 aromatic carbocycles. The molecule has 0 saturated heterocycles. The summed E-state index contributed by atoms with van der Waals surface area (Å²) < 4.78 is 4.66. The maximum absolute atomic E-state index is 11.4. The maximum atomic E-state index is 11.4. The van der Waals surface area contributed by atoms with Crippen molar-refractivity contribution in [3.8, 4) is 0 Å². The zero-order valence-corrected chi connectivity index (χ0v) is 9.76. The smallest absolute Gasteiger partial charge is 0.346 e. The molecule has 1 amide bonds. The molecule has 1 heterocycles. The molecule has 0 saturated carbocycles. The first-order valence-electron chi connectivity index (χ1n) is 4.56. The van der Waals surface area contributed by atoms with Gasteiger partial charge < -0.3 is 4.74 Å². The van der Waals surface area contributed by atoms with E-state index in [1.807, 2.05) is 6.92 Å². The molecule has 0 atom stereocenters. The monoisotopic (exact) mass is 227 g/mol. The molecule has 0 aliphatic carbocycles.